The summed E-state index contributed by atoms with van der Waals surface area (Å²) in [7, 11) is 0. The highest BCUT2D eigenvalue weighted by atomic mass is 19.1. The third-order valence-corrected chi connectivity index (χ3v) is 8.63. The lowest BCUT2D eigenvalue weighted by molar-refractivity contribution is 0.0696. The van der Waals surface area contributed by atoms with Gasteiger partial charge in [-0.05, 0) is 42.0 Å². The third kappa shape index (κ3) is 6.10. The normalized spacial score (nSPS) is 15.6. The van der Waals surface area contributed by atoms with E-state index in [0.717, 1.165) is 12.1 Å². The van der Waals surface area contributed by atoms with Crippen LogP contribution in [0.4, 0.5) is 17.6 Å². The zero-order chi connectivity index (χ0) is 34.4. The molecule has 14 heteroatoms. The van der Waals surface area contributed by atoms with E-state index in [4.69, 9.17) is 9.47 Å². The number of halogens is 4. The molecule has 7 rings (SSSR count). The summed E-state index contributed by atoms with van der Waals surface area (Å²) >= 11 is 0. The highest BCUT2D eigenvalue weighted by Gasteiger charge is 2.39. The Balaban J connectivity index is 1.15. The fraction of sp³-hybridized carbons (Fsp3) is 0.229. The van der Waals surface area contributed by atoms with Gasteiger partial charge in [0.25, 0.3) is 5.88 Å². The average Bonchev–Trinajstić information content (AvgIpc) is 3.81. The van der Waals surface area contributed by atoms with Crippen LogP contribution in [0.15, 0.2) is 73.1 Å². The number of carboxylic acids is 1. The molecule has 250 valence electrons. The van der Waals surface area contributed by atoms with Gasteiger partial charge in [-0.3, -0.25) is 0 Å². The van der Waals surface area contributed by atoms with E-state index in [1.807, 2.05) is 13.8 Å². The Hall–Kier alpha value is -5.63. The van der Waals surface area contributed by atoms with E-state index >= 15 is 8.78 Å². The van der Waals surface area contributed by atoms with Crippen LogP contribution in [0.5, 0.6) is 5.88 Å². The molecule has 1 N–H and O–H groups in total. The number of hydrogen-bond acceptors (Lipinski definition) is 7. The summed E-state index contributed by atoms with van der Waals surface area (Å²) in [6, 6.07) is 13.2. The molecule has 0 saturated carbocycles. The number of fused-ring (bicyclic) bond motifs is 1. The van der Waals surface area contributed by atoms with Crippen LogP contribution >= 0.6 is 0 Å². The maximum Gasteiger partial charge on any atom is 0.335 e. The van der Waals surface area contributed by atoms with Gasteiger partial charge >= 0.3 is 5.97 Å². The first-order chi connectivity index (χ1) is 23.5. The van der Waals surface area contributed by atoms with E-state index in [2.05, 4.69) is 20.3 Å². The topological polar surface area (TPSA) is 117 Å². The van der Waals surface area contributed by atoms with Crippen molar-refractivity contribution in [2.45, 2.75) is 32.9 Å². The SMILES string of the molecule is CC1(C)COC[C@H]1n1c(Cc2ccc(-c3ccc(F)c(OCc4ccc(-n5ccnn5)cc4F)n3)cc2F)nc2c(F)cc(C(=O)O)cc21. The summed E-state index contributed by atoms with van der Waals surface area (Å²) < 4.78 is 74.7. The van der Waals surface area contributed by atoms with Crippen molar-refractivity contribution in [1.82, 2.24) is 29.5 Å². The fourth-order valence-corrected chi connectivity index (χ4v) is 5.97. The molecule has 0 spiro atoms. The molecule has 10 nitrogen and oxygen atoms in total. The van der Waals surface area contributed by atoms with Gasteiger partial charge in [-0.15, -0.1) is 5.10 Å². The second kappa shape index (κ2) is 12.4. The molecule has 0 unspecified atom stereocenters. The predicted molar refractivity (Wildman–Crippen MR) is 168 cm³/mol. The van der Waals surface area contributed by atoms with E-state index in [-0.39, 0.29) is 65.0 Å². The van der Waals surface area contributed by atoms with Crippen molar-refractivity contribution in [2.24, 2.45) is 5.41 Å². The van der Waals surface area contributed by atoms with Gasteiger partial charge in [0.15, 0.2) is 11.6 Å². The zero-order valence-corrected chi connectivity index (χ0v) is 26.2. The number of imidazole rings is 1. The number of benzene rings is 3. The molecule has 0 radical (unpaired) electrons. The Kier molecular flexibility index (Phi) is 8.11. The van der Waals surface area contributed by atoms with Crippen LogP contribution in [0.25, 0.3) is 28.0 Å². The molecule has 4 heterocycles. The number of carbonyl (C=O) groups is 1. The molecule has 6 aromatic rings. The molecular formula is C35H28F4N6O4. The molecule has 49 heavy (non-hydrogen) atoms. The number of ether oxygens (including phenoxy) is 2. The first-order valence-corrected chi connectivity index (χ1v) is 15.2. The molecule has 3 aromatic heterocycles. The lowest BCUT2D eigenvalue weighted by Gasteiger charge is -2.28. The van der Waals surface area contributed by atoms with Gasteiger partial charge in [0.2, 0.25) is 0 Å². The van der Waals surface area contributed by atoms with Crippen molar-refractivity contribution in [1.29, 1.82) is 0 Å². The number of carboxylic acid groups (broad SMARTS) is 1. The van der Waals surface area contributed by atoms with Gasteiger partial charge in [0.1, 0.15) is 29.6 Å². The maximum atomic E-state index is 15.7. The first-order valence-electron chi connectivity index (χ1n) is 15.2. The number of pyridine rings is 1. The van der Waals surface area contributed by atoms with Crippen molar-refractivity contribution in [2.75, 3.05) is 13.2 Å². The quantitative estimate of drug-likeness (QED) is 0.169. The highest BCUT2D eigenvalue weighted by molar-refractivity contribution is 5.93. The lowest BCUT2D eigenvalue weighted by Crippen LogP contribution is -2.27. The van der Waals surface area contributed by atoms with E-state index in [0.29, 0.717) is 23.7 Å². The molecule has 1 aliphatic heterocycles. The number of hydrogen-bond donors (Lipinski definition) is 1. The Morgan fingerprint density at radius 3 is 2.45 bits per heavy atom. The minimum absolute atomic E-state index is 0.0196. The minimum atomic E-state index is -1.29. The van der Waals surface area contributed by atoms with Crippen molar-refractivity contribution in [3.05, 3.63) is 119 Å². The van der Waals surface area contributed by atoms with Gasteiger partial charge in [-0.1, -0.05) is 37.3 Å². The Bertz CT molecular complexity index is 2220. The summed E-state index contributed by atoms with van der Waals surface area (Å²) in [5, 5.41) is 17.1. The second-order valence-corrected chi connectivity index (χ2v) is 12.4. The molecular weight excluding hydrogens is 644 g/mol. The van der Waals surface area contributed by atoms with Crippen LogP contribution in [0, 0.1) is 28.7 Å². The first kappa shape index (κ1) is 31.9. The van der Waals surface area contributed by atoms with Crippen LogP contribution in [0.2, 0.25) is 0 Å². The Labute approximate surface area is 276 Å². The maximum absolute atomic E-state index is 15.7. The van der Waals surface area contributed by atoms with Gasteiger partial charge < -0.3 is 19.1 Å². The molecule has 3 aromatic carbocycles. The van der Waals surface area contributed by atoms with Gasteiger partial charge in [0.05, 0.1) is 54.1 Å². The van der Waals surface area contributed by atoms with Crippen molar-refractivity contribution in [3.8, 4) is 22.8 Å². The molecule has 1 atom stereocenters. The molecule has 0 aliphatic carbocycles. The summed E-state index contributed by atoms with van der Waals surface area (Å²) in [6.07, 6.45) is 2.98. The van der Waals surface area contributed by atoms with Crippen LogP contribution in [0.3, 0.4) is 0 Å². The summed E-state index contributed by atoms with van der Waals surface area (Å²) in [6.45, 7) is 4.35. The minimum Gasteiger partial charge on any atom is -0.478 e. The van der Waals surface area contributed by atoms with Crippen molar-refractivity contribution in [3.63, 3.8) is 0 Å². The summed E-state index contributed by atoms with van der Waals surface area (Å²) in [4.78, 5) is 20.4. The number of aromatic carboxylic acids is 1. The summed E-state index contributed by atoms with van der Waals surface area (Å²) in [5.74, 6) is -4.13. The third-order valence-electron chi connectivity index (χ3n) is 8.63. The molecule has 1 saturated heterocycles. The summed E-state index contributed by atoms with van der Waals surface area (Å²) in [5.41, 5.74) is 1.00. The highest BCUT2D eigenvalue weighted by Crippen LogP contribution is 2.41. The van der Waals surface area contributed by atoms with E-state index < -0.39 is 34.7 Å². The van der Waals surface area contributed by atoms with E-state index in [1.165, 1.54) is 47.3 Å². The smallest absolute Gasteiger partial charge is 0.335 e. The number of nitrogens with zero attached hydrogens (tertiary/aromatic N) is 6. The van der Waals surface area contributed by atoms with Gasteiger partial charge in [0, 0.05) is 29.0 Å². The largest absolute Gasteiger partial charge is 0.478 e. The zero-order valence-electron chi connectivity index (χ0n) is 26.2. The van der Waals surface area contributed by atoms with Crippen LogP contribution in [-0.2, 0) is 17.8 Å². The molecule has 0 bridgehead atoms. The number of rotatable bonds is 9. The lowest BCUT2D eigenvalue weighted by atomic mass is 9.87. The van der Waals surface area contributed by atoms with Gasteiger partial charge in [-0.25, -0.2) is 37.0 Å². The van der Waals surface area contributed by atoms with E-state index in [1.54, 1.807) is 22.9 Å². The molecule has 1 fully saturated rings. The molecule has 0 amide bonds. The van der Waals surface area contributed by atoms with Crippen LogP contribution < -0.4 is 4.74 Å². The molecule has 1 aliphatic rings. The standard InChI is InChI=1S/C35H28F4N6O4/c1-35(2)18-48-17-30(35)45-29-13-22(34(46)47)12-27(39)32(29)42-31(45)14-19-3-4-20(11-25(19)37)28-8-7-24(36)33(41-28)49-16-21-5-6-23(15-26(21)38)44-10-9-40-43-44/h3-13,15,30H,14,16-18H2,1-2H3,(H,46,47)/t30-/m1/s1. The van der Waals surface area contributed by atoms with Gasteiger partial charge in [-0.2, -0.15) is 0 Å². The Morgan fingerprint density at radius 2 is 1.76 bits per heavy atom. The fourth-order valence-electron chi connectivity index (χ4n) is 5.97. The predicted octanol–water partition coefficient (Wildman–Crippen LogP) is 6.70. The van der Waals surface area contributed by atoms with E-state index in [9.17, 15) is 18.7 Å². The van der Waals surface area contributed by atoms with Crippen molar-refractivity contribution >= 4 is 17.0 Å². The van der Waals surface area contributed by atoms with Crippen LogP contribution in [-0.4, -0.2) is 53.8 Å². The Morgan fingerprint density at radius 1 is 0.959 bits per heavy atom. The van der Waals surface area contributed by atoms with Crippen LogP contribution in [0.1, 0.15) is 47.2 Å². The van der Waals surface area contributed by atoms with Crippen molar-refractivity contribution < 1.29 is 36.9 Å². The second-order valence-electron chi connectivity index (χ2n) is 12.4. The monoisotopic (exact) mass is 672 g/mol. The average molecular weight is 673 g/mol. The number of aromatic nitrogens is 6.